The van der Waals surface area contributed by atoms with Gasteiger partial charge in [-0.25, -0.2) is 14.1 Å². The molecule has 5 aromatic rings. The van der Waals surface area contributed by atoms with Crippen molar-refractivity contribution in [2.45, 2.75) is 49.5 Å². The molecule has 53 heavy (non-hydrogen) atoms. The summed E-state index contributed by atoms with van der Waals surface area (Å²) in [5.74, 6) is 0.310. The van der Waals surface area contributed by atoms with Crippen LogP contribution in [0.5, 0.6) is 5.75 Å². The Balaban J connectivity index is 1.14. The van der Waals surface area contributed by atoms with E-state index in [1.807, 2.05) is 79.7 Å². The predicted molar refractivity (Wildman–Crippen MR) is 217 cm³/mol. The number of benzene rings is 4. The molecule has 2 atom stereocenters. The third kappa shape index (κ3) is 7.36. The third-order valence-electron chi connectivity index (χ3n) is 9.69. The summed E-state index contributed by atoms with van der Waals surface area (Å²) in [5, 5.41) is 14.9. The van der Waals surface area contributed by atoms with E-state index in [-0.39, 0.29) is 48.8 Å². The number of anilines is 3. The Morgan fingerprint density at radius 3 is 1.98 bits per heavy atom. The summed E-state index contributed by atoms with van der Waals surface area (Å²) in [6, 6.07) is 24.5. The number of hydrogen-bond donors (Lipinski definition) is 1. The predicted octanol–water partition coefficient (Wildman–Crippen LogP) is 10.0. The number of fused-ring (bicyclic) bond motifs is 6. The summed E-state index contributed by atoms with van der Waals surface area (Å²) in [6.07, 6.45) is 2.46. The van der Waals surface area contributed by atoms with Crippen LogP contribution in [0.25, 0.3) is 21.5 Å². The number of carbonyl (C=O) groups is 3. The lowest BCUT2D eigenvalue weighted by molar-refractivity contribution is -0.119. The van der Waals surface area contributed by atoms with E-state index in [0.29, 0.717) is 54.8 Å². The molecule has 2 aliphatic rings. The summed E-state index contributed by atoms with van der Waals surface area (Å²) >= 11 is 12.9. The Labute approximate surface area is 326 Å². The van der Waals surface area contributed by atoms with Crippen molar-refractivity contribution in [3.8, 4) is 5.75 Å². The van der Waals surface area contributed by atoms with Crippen LogP contribution in [0.1, 0.15) is 55.6 Å². The Morgan fingerprint density at radius 2 is 1.40 bits per heavy atom. The second-order valence-corrected chi connectivity index (χ2v) is 15.7. The van der Waals surface area contributed by atoms with Gasteiger partial charge in [-0.1, -0.05) is 61.5 Å². The van der Waals surface area contributed by atoms with Gasteiger partial charge in [0.15, 0.2) is 0 Å². The standard InChI is InChI=1S/C40H38Cl2N4O5S2/c1-2-18-51-40(50)46(53-52-35-14-7-8-17-43-35)31-19-32-38(29-12-5-3-10-27(29)31)25(21-41)23-44(32)36(48)15-9-16-37(49)45-24-26(22-42)39-30-13-6-4-11-28(30)34(47)20-33(39)45/h3-8,10-14,17,19-20,25-26,47H,2,9,15-16,18,21-24H2,1H3. The van der Waals surface area contributed by atoms with Gasteiger partial charge in [0.1, 0.15) is 10.8 Å². The highest BCUT2D eigenvalue weighted by Crippen LogP contribution is 2.49. The average Bonchev–Trinajstić information content (AvgIpc) is 3.76. The second kappa shape index (κ2) is 16.5. The minimum absolute atomic E-state index is 0.0697. The number of pyridine rings is 1. The molecule has 0 bridgehead atoms. The van der Waals surface area contributed by atoms with Crippen LogP contribution in [-0.2, 0) is 14.3 Å². The van der Waals surface area contributed by atoms with Crippen molar-refractivity contribution < 1.29 is 24.2 Å². The number of phenolic OH excluding ortho intramolecular Hbond substituents is 1. The number of nitrogens with zero attached hydrogens (tertiary/aromatic N) is 4. The van der Waals surface area contributed by atoms with Crippen molar-refractivity contribution in [2.24, 2.45) is 0 Å². The Morgan fingerprint density at radius 1 is 0.830 bits per heavy atom. The molecule has 9 nitrogen and oxygen atoms in total. The number of rotatable bonds is 12. The third-order valence-corrected chi connectivity index (χ3v) is 12.6. The van der Waals surface area contributed by atoms with E-state index in [0.717, 1.165) is 37.7 Å². The normalized spacial score (nSPS) is 16.2. The number of alkyl halides is 2. The van der Waals surface area contributed by atoms with Gasteiger partial charge in [-0.05, 0) is 63.7 Å². The highest BCUT2D eigenvalue weighted by molar-refractivity contribution is 8.77. The van der Waals surface area contributed by atoms with Crippen molar-refractivity contribution in [3.05, 3.63) is 96.2 Å². The zero-order chi connectivity index (χ0) is 37.1. The highest BCUT2D eigenvalue weighted by atomic mass is 35.5. The maximum atomic E-state index is 14.0. The van der Waals surface area contributed by atoms with Crippen LogP contribution < -0.4 is 14.1 Å². The molecular weight excluding hydrogens is 752 g/mol. The fourth-order valence-corrected chi connectivity index (χ4v) is 9.70. The zero-order valence-electron chi connectivity index (χ0n) is 29.0. The molecule has 3 amide bonds. The molecule has 0 radical (unpaired) electrons. The van der Waals surface area contributed by atoms with Crippen LogP contribution in [0.3, 0.4) is 0 Å². The molecule has 13 heteroatoms. The molecule has 274 valence electrons. The lowest BCUT2D eigenvalue weighted by Gasteiger charge is -2.25. The zero-order valence-corrected chi connectivity index (χ0v) is 32.2. The number of carbonyl (C=O) groups excluding carboxylic acids is 3. The van der Waals surface area contributed by atoms with Crippen LogP contribution in [0.4, 0.5) is 21.9 Å². The van der Waals surface area contributed by atoms with Crippen molar-refractivity contribution in [1.82, 2.24) is 4.98 Å². The van der Waals surface area contributed by atoms with E-state index in [1.54, 1.807) is 22.1 Å². The Hall–Kier alpha value is -4.16. The van der Waals surface area contributed by atoms with Gasteiger partial charge < -0.3 is 19.6 Å². The maximum absolute atomic E-state index is 14.0. The van der Waals surface area contributed by atoms with Gasteiger partial charge in [0.05, 0.1) is 18.0 Å². The number of phenols is 1. The first-order valence-corrected chi connectivity index (χ1v) is 20.8. The molecule has 4 aromatic carbocycles. The minimum atomic E-state index is -0.519. The van der Waals surface area contributed by atoms with E-state index in [4.69, 9.17) is 27.9 Å². The summed E-state index contributed by atoms with van der Waals surface area (Å²) in [7, 11) is 2.54. The van der Waals surface area contributed by atoms with Crippen molar-refractivity contribution in [3.63, 3.8) is 0 Å². The van der Waals surface area contributed by atoms with Crippen LogP contribution in [-0.4, -0.2) is 59.5 Å². The van der Waals surface area contributed by atoms with Crippen molar-refractivity contribution in [1.29, 1.82) is 0 Å². The van der Waals surface area contributed by atoms with Crippen molar-refractivity contribution >= 4 is 101 Å². The molecule has 1 aromatic heterocycles. The Bertz CT molecular complexity index is 2170. The van der Waals surface area contributed by atoms with Gasteiger partial charge in [0.25, 0.3) is 0 Å². The molecule has 0 saturated carbocycles. The fourth-order valence-electron chi connectivity index (χ4n) is 7.30. The molecule has 1 N–H and O–H groups in total. The summed E-state index contributed by atoms with van der Waals surface area (Å²) < 4.78 is 7.16. The largest absolute Gasteiger partial charge is 0.507 e. The molecule has 2 aliphatic heterocycles. The molecule has 3 heterocycles. The maximum Gasteiger partial charge on any atom is 0.425 e. The summed E-state index contributed by atoms with van der Waals surface area (Å²) in [6.45, 7) is 3.00. The van der Waals surface area contributed by atoms with E-state index >= 15 is 0 Å². The van der Waals surface area contributed by atoms with Crippen LogP contribution in [0.15, 0.2) is 90.1 Å². The molecule has 0 spiro atoms. The number of hydrogen-bond acceptors (Lipinski definition) is 8. The first-order chi connectivity index (χ1) is 25.8. The van der Waals surface area contributed by atoms with Gasteiger partial charge in [-0.2, -0.15) is 0 Å². The SMILES string of the molecule is CCCOC(=O)N(SSc1ccccn1)c1cc2c(c3ccccc13)C(CCl)CN2C(=O)CCCC(=O)N1CC(CCl)c2c1cc(O)c1ccccc21. The topological polar surface area (TPSA) is 103 Å². The minimum Gasteiger partial charge on any atom is -0.507 e. The van der Waals surface area contributed by atoms with Crippen molar-refractivity contribution in [2.75, 3.05) is 45.6 Å². The van der Waals surface area contributed by atoms with Crippen LogP contribution >= 0.6 is 45.0 Å². The van der Waals surface area contributed by atoms with E-state index < -0.39 is 6.09 Å². The average molecular weight is 790 g/mol. The number of aromatic nitrogens is 1. The molecular formula is C40H38Cl2N4O5S2. The number of amides is 3. The fraction of sp³-hybridized carbons (Fsp3) is 0.300. The molecule has 0 fully saturated rings. The van der Waals surface area contributed by atoms with E-state index in [1.165, 1.54) is 26.1 Å². The molecule has 2 unspecified atom stereocenters. The van der Waals surface area contributed by atoms with Gasteiger partial charge in [-0.3, -0.25) is 9.59 Å². The number of aromatic hydroxyl groups is 1. The quantitative estimate of drug-likeness (QED) is 0.0757. The lowest BCUT2D eigenvalue weighted by Crippen LogP contribution is -2.32. The van der Waals surface area contributed by atoms with Gasteiger partial charge in [-0.15, -0.1) is 23.2 Å². The van der Waals surface area contributed by atoms with E-state index in [9.17, 15) is 19.5 Å². The second-order valence-electron chi connectivity index (χ2n) is 13.0. The first kappa shape index (κ1) is 37.2. The lowest BCUT2D eigenvalue weighted by atomic mass is 9.95. The van der Waals surface area contributed by atoms with Gasteiger partial charge >= 0.3 is 6.09 Å². The van der Waals surface area contributed by atoms with Crippen LogP contribution in [0.2, 0.25) is 0 Å². The number of halogens is 2. The molecule has 0 aliphatic carbocycles. The molecule has 0 saturated heterocycles. The highest BCUT2D eigenvalue weighted by Gasteiger charge is 2.37. The van der Waals surface area contributed by atoms with Gasteiger partial charge in [0, 0.05) is 89.2 Å². The van der Waals surface area contributed by atoms with Gasteiger partial charge in [0.2, 0.25) is 11.8 Å². The smallest absolute Gasteiger partial charge is 0.425 e. The van der Waals surface area contributed by atoms with Crippen LogP contribution in [0, 0.1) is 0 Å². The number of ether oxygens (including phenoxy) is 1. The summed E-state index contributed by atoms with van der Waals surface area (Å²) in [5.41, 5.74) is 3.88. The van der Waals surface area contributed by atoms with E-state index in [2.05, 4.69) is 4.98 Å². The molecule has 7 rings (SSSR count). The first-order valence-electron chi connectivity index (χ1n) is 17.6. The Kier molecular flexibility index (Phi) is 11.5. The summed E-state index contributed by atoms with van der Waals surface area (Å²) in [4.78, 5) is 49.2. The monoisotopic (exact) mass is 788 g/mol.